The summed E-state index contributed by atoms with van der Waals surface area (Å²) in [6.07, 6.45) is 7.92. The molecule has 2 atom stereocenters. The quantitative estimate of drug-likeness (QED) is 0.901. The first-order valence-corrected chi connectivity index (χ1v) is 7.24. The summed E-state index contributed by atoms with van der Waals surface area (Å²) in [7, 11) is 2.02. The lowest BCUT2D eigenvalue weighted by atomic mass is 9.85. The fourth-order valence-electron chi connectivity index (χ4n) is 2.96. The van der Waals surface area contributed by atoms with Crippen LogP contribution in [0.3, 0.4) is 0 Å². The maximum atomic E-state index is 5.82. The second-order valence-electron chi connectivity index (χ2n) is 5.57. The maximum Gasteiger partial charge on any atom is 0.258 e. The zero-order valence-electron chi connectivity index (χ0n) is 12.3. The summed E-state index contributed by atoms with van der Waals surface area (Å²) >= 11 is 0. The van der Waals surface area contributed by atoms with E-state index in [-0.39, 0.29) is 5.95 Å². The summed E-state index contributed by atoms with van der Waals surface area (Å²) in [5.41, 5.74) is 5.82. The molecule has 21 heavy (non-hydrogen) atoms. The molecule has 0 radical (unpaired) electrons. The number of anilines is 2. The number of hydrogen-bond donors (Lipinski definition) is 1. The Kier molecular flexibility index (Phi) is 3.68. The molecule has 0 aliphatic heterocycles. The summed E-state index contributed by atoms with van der Waals surface area (Å²) in [6.45, 7) is 2.28. The molecule has 2 unspecified atom stereocenters. The Morgan fingerprint density at radius 2 is 2.05 bits per heavy atom. The summed E-state index contributed by atoms with van der Waals surface area (Å²) < 4.78 is 1.49. The smallest absolute Gasteiger partial charge is 0.258 e. The molecule has 112 valence electrons. The maximum absolute atomic E-state index is 5.82. The monoisotopic (exact) mass is 288 g/mol. The molecule has 0 bridgehead atoms. The SMILES string of the molecule is CC1CCCCC1N(C)c1nc(N)nc(-n2cncn2)n1. The number of rotatable bonds is 3. The predicted molar refractivity (Wildman–Crippen MR) is 79.0 cm³/mol. The van der Waals surface area contributed by atoms with Crippen LogP contribution in [0.4, 0.5) is 11.9 Å². The first kappa shape index (κ1) is 13.7. The van der Waals surface area contributed by atoms with Crippen LogP contribution in [0.5, 0.6) is 0 Å². The van der Waals surface area contributed by atoms with Crippen molar-refractivity contribution in [2.24, 2.45) is 5.92 Å². The van der Waals surface area contributed by atoms with Gasteiger partial charge in [-0.05, 0) is 18.8 Å². The molecule has 1 aliphatic carbocycles. The van der Waals surface area contributed by atoms with E-state index in [4.69, 9.17) is 5.73 Å². The van der Waals surface area contributed by atoms with Crippen LogP contribution in [-0.2, 0) is 0 Å². The minimum absolute atomic E-state index is 0.195. The third-order valence-corrected chi connectivity index (χ3v) is 4.13. The zero-order valence-corrected chi connectivity index (χ0v) is 12.3. The van der Waals surface area contributed by atoms with E-state index in [9.17, 15) is 0 Å². The average Bonchev–Trinajstić information content (AvgIpc) is 3.01. The van der Waals surface area contributed by atoms with Crippen molar-refractivity contribution in [2.45, 2.75) is 38.6 Å². The Hall–Kier alpha value is -2.25. The fraction of sp³-hybridized carbons (Fsp3) is 0.615. The van der Waals surface area contributed by atoms with Crippen LogP contribution in [0.1, 0.15) is 32.6 Å². The summed E-state index contributed by atoms with van der Waals surface area (Å²) in [5, 5.41) is 4.03. The normalized spacial score (nSPS) is 22.2. The van der Waals surface area contributed by atoms with E-state index in [1.807, 2.05) is 7.05 Å². The van der Waals surface area contributed by atoms with Gasteiger partial charge in [-0.2, -0.15) is 24.7 Å². The summed E-state index contributed by atoms with van der Waals surface area (Å²) in [5.74, 6) is 1.80. The molecular weight excluding hydrogens is 268 g/mol. The zero-order chi connectivity index (χ0) is 14.8. The predicted octanol–water partition coefficient (Wildman–Crippen LogP) is 1.05. The van der Waals surface area contributed by atoms with E-state index >= 15 is 0 Å². The third-order valence-electron chi connectivity index (χ3n) is 4.13. The highest BCUT2D eigenvalue weighted by atomic mass is 15.4. The van der Waals surface area contributed by atoms with E-state index in [1.54, 1.807) is 6.33 Å². The van der Waals surface area contributed by atoms with Crippen LogP contribution in [0.25, 0.3) is 5.95 Å². The van der Waals surface area contributed by atoms with Crippen molar-refractivity contribution < 1.29 is 0 Å². The molecule has 2 aromatic rings. The van der Waals surface area contributed by atoms with Gasteiger partial charge in [-0.3, -0.25) is 0 Å². The van der Waals surface area contributed by atoms with Gasteiger partial charge in [0, 0.05) is 13.1 Å². The van der Waals surface area contributed by atoms with Crippen molar-refractivity contribution in [1.82, 2.24) is 29.7 Å². The van der Waals surface area contributed by atoms with E-state index in [1.165, 1.54) is 30.3 Å². The summed E-state index contributed by atoms with van der Waals surface area (Å²) in [4.78, 5) is 18.9. The lowest BCUT2D eigenvalue weighted by molar-refractivity contribution is 0.319. The van der Waals surface area contributed by atoms with Gasteiger partial charge in [-0.1, -0.05) is 19.8 Å². The van der Waals surface area contributed by atoms with Crippen molar-refractivity contribution in [3.05, 3.63) is 12.7 Å². The third kappa shape index (κ3) is 2.79. The van der Waals surface area contributed by atoms with Crippen molar-refractivity contribution in [1.29, 1.82) is 0 Å². The molecule has 8 heteroatoms. The molecule has 0 spiro atoms. The van der Waals surface area contributed by atoms with Gasteiger partial charge in [0.15, 0.2) is 0 Å². The molecule has 3 rings (SSSR count). The number of hydrogen-bond acceptors (Lipinski definition) is 7. The van der Waals surface area contributed by atoms with E-state index in [0.717, 1.165) is 6.42 Å². The molecule has 2 N–H and O–H groups in total. The highest BCUT2D eigenvalue weighted by Gasteiger charge is 2.27. The van der Waals surface area contributed by atoms with Crippen molar-refractivity contribution in [3.63, 3.8) is 0 Å². The van der Waals surface area contributed by atoms with Crippen molar-refractivity contribution >= 4 is 11.9 Å². The van der Waals surface area contributed by atoms with Gasteiger partial charge in [0.05, 0.1) is 0 Å². The van der Waals surface area contributed by atoms with Crippen LogP contribution in [-0.4, -0.2) is 42.8 Å². The molecule has 0 saturated heterocycles. The Morgan fingerprint density at radius 1 is 1.24 bits per heavy atom. The Labute approximate surface area is 123 Å². The Balaban J connectivity index is 1.91. The second-order valence-corrected chi connectivity index (χ2v) is 5.57. The van der Waals surface area contributed by atoms with Crippen molar-refractivity contribution in [3.8, 4) is 5.95 Å². The van der Waals surface area contributed by atoms with Gasteiger partial charge in [0.1, 0.15) is 12.7 Å². The molecule has 0 aromatic carbocycles. The lowest BCUT2D eigenvalue weighted by Crippen LogP contribution is -2.40. The van der Waals surface area contributed by atoms with Gasteiger partial charge < -0.3 is 10.6 Å². The second kappa shape index (κ2) is 5.63. The van der Waals surface area contributed by atoms with Crippen LogP contribution in [0.2, 0.25) is 0 Å². The summed E-state index contributed by atoms with van der Waals surface area (Å²) in [6, 6.07) is 0.434. The molecule has 1 saturated carbocycles. The minimum Gasteiger partial charge on any atom is -0.368 e. The van der Waals surface area contributed by atoms with Crippen molar-refractivity contribution in [2.75, 3.05) is 17.7 Å². The van der Waals surface area contributed by atoms with Gasteiger partial charge in [0.2, 0.25) is 11.9 Å². The van der Waals surface area contributed by atoms with E-state index < -0.39 is 0 Å². The lowest BCUT2D eigenvalue weighted by Gasteiger charge is -2.36. The fourth-order valence-corrected chi connectivity index (χ4v) is 2.96. The minimum atomic E-state index is 0.195. The number of aromatic nitrogens is 6. The Morgan fingerprint density at radius 3 is 2.76 bits per heavy atom. The highest BCUT2D eigenvalue weighted by molar-refractivity contribution is 5.38. The molecule has 8 nitrogen and oxygen atoms in total. The van der Waals surface area contributed by atoms with Crippen LogP contribution < -0.4 is 10.6 Å². The van der Waals surface area contributed by atoms with Crippen LogP contribution in [0.15, 0.2) is 12.7 Å². The highest BCUT2D eigenvalue weighted by Crippen LogP contribution is 2.29. The number of nitrogens with two attached hydrogens (primary N) is 1. The molecular formula is C13H20N8. The first-order valence-electron chi connectivity index (χ1n) is 7.24. The standard InChI is InChI=1S/C13H20N8/c1-9-5-3-4-6-10(9)20(2)12-17-11(14)18-13(19-12)21-8-15-7-16-21/h7-10H,3-6H2,1-2H3,(H2,14,17,18,19). The number of nitrogen functional groups attached to an aromatic ring is 1. The van der Waals surface area contributed by atoms with E-state index in [2.05, 4.69) is 36.9 Å². The van der Waals surface area contributed by atoms with Gasteiger partial charge in [-0.25, -0.2) is 4.98 Å². The first-order chi connectivity index (χ1) is 10.1. The molecule has 1 fully saturated rings. The van der Waals surface area contributed by atoms with Crippen LogP contribution in [0, 0.1) is 5.92 Å². The topological polar surface area (TPSA) is 98.6 Å². The van der Waals surface area contributed by atoms with Gasteiger partial charge in [0.25, 0.3) is 5.95 Å². The van der Waals surface area contributed by atoms with E-state index in [0.29, 0.717) is 23.9 Å². The van der Waals surface area contributed by atoms with Gasteiger partial charge in [-0.15, -0.1) is 0 Å². The number of nitrogens with zero attached hydrogens (tertiary/aromatic N) is 7. The van der Waals surface area contributed by atoms with Gasteiger partial charge >= 0.3 is 0 Å². The van der Waals surface area contributed by atoms with Crippen LogP contribution >= 0.6 is 0 Å². The molecule has 0 amide bonds. The largest absolute Gasteiger partial charge is 0.368 e. The Bertz CT molecular complexity index is 596. The molecule has 2 aromatic heterocycles. The molecule has 2 heterocycles. The molecule has 1 aliphatic rings. The average molecular weight is 288 g/mol.